The van der Waals surface area contributed by atoms with Gasteiger partial charge in [0.25, 0.3) is 0 Å². The molecule has 0 fully saturated rings. The minimum atomic E-state index is -0.246. The molecule has 0 radical (unpaired) electrons. The number of amides is 2. The van der Waals surface area contributed by atoms with Gasteiger partial charge < -0.3 is 19.5 Å². The van der Waals surface area contributed by atoms with Gasteiger partial charge in [0.2, 0.25) is 0 Å². The molecule has 3 aromatic rings. The van der Waals surface area contributed by atoms with Crippen LogP contribution in [-0.2, 0) is 13.2 Å². The molecule has 6 heteroatoms. The molecule has 1 heterocycles. The molecule has 2 amide bonds. The van der Waals surface area contributed by atoms with Crippen LogP contribution in [0.3, 0.4) is 0 Å². The number of anilines is 1. The largest absolute Gasteiger partial charge is 0.487 e. The first-order chi connectivity index (χ1) is 13.0. The van der Waals surface area contributed by atoms with E-state index in [-0.39, 0.29) is 6.03 Å². The fourth-order valence-corrected chi connectivity index (χ4v) is 2.61. The van der Waals surface area contributed by atoms with Gasteiger partial charge in [0.15, 0.2) is 0 Å². The molecule has 27 heavy (non-hydrogen) atoms. The highest BCUT2D eigenvalue weighted by molar-refractivity contribution is 5.90. The van der Waals surface area contributed by atoms with Crippen LogP contribution >= 0.6 is 0 Å². The highest BCUT2D eigenvalue weighted by Crippen LogP contribution is 2.27. The molecule has 0 saturated heterocycles. The molecule has 6 nitrogen and oxygen atoms in total. The van der Waals surface area contributed by atoms with Crippen molar-refractivity contribution in [3.05, 3.63) is 77.2 Å². The fourth-order valence-electron chi connectivity index (χ4n) is 2.61. The smallest absolute Gasteiger partial charge is 0.322 e. The third kappa shape index (κ3) is 5.10. The molecule has 0 bridgehead atoms. The van der Waals surface area contributed by atoms with Crippen LogP contribution in [-0.4, -0.2) is 23.1 Å². The quantitative estimate of drug-likeness (QED) is 0.697. The maximum Gasteiger partial charge on any atom is 0.322 e. The Morgan fingerprint density at radius 1 is 1.15 bits per heavy atom. The summed E-state index contributed by atoms with van der Waals surface area (Å²) in [5, 5.41) is 6.82. The molecule has 0 aliphatic carbocycles. The summed E-state index contributed by atoms with van der Waals surface area (Å²) in [6, 6.07) is 17.2. The normalized spacial score (nSPS) is 10.5. The fraction of sp³-hybridized carbons (Fsp3) is 0.238. The van der Waals surface area contributed by atoms with Crippen LogP contribution in [0, 0.1) is 13.8 Å². The molecule has 0 spiro atoms. The molecule has 0 saturated carbocycles. The van der Waals surface area contributed by atoms with E-state index in [1.165, 1.54) is 4.90 Å². The zero-order valence-electron chi connectivity index (χ0n) is 15.7. The second-order valence-corrected chi connectivity index (χ2v) is 6.49. The maximum absolute atomic E-state index is 12.5. The summed E-state index contributed by atoms with van der Waals surface area (Å²) < 4.78 is 11.0. The lowest BCUT2D eigenvalue weighted by atomic mass is 10.2. The van der Waals surface area contributed by atoms with Gasteiger partial charge in [-0.2, -0.15) is 0 Å². The number of carbonyl (C=O) groups excluding carboxylic acids is 1. The van der Waals surface area contributed by atoms with Crippen LogP contribution in [0.5, 0.6) is 5.75 Å². The second kappa shape index (κ2) is 8.40. The Labute approximate surface area is 158 Å². The van der Waals surface area contributed by atoms with Gasteiger partial charge in [-0.05, 0) is 37.1 Å². The van der Waals surface area contributed by atoms with Gasteiger partial charge in [0.1, 0.15) is 23.8 Å². The highest BCUT2D eigenvalue weighted by atomic mass is 16.5. The van der Waals surface area contributed by atoms with Gasteiger partial charge in [0, 0.05) is 13.1 Å². The number of aromatic nitrogens is 1. The Morgan fingerprint density at radius 2 is 1.93 bits per heavy atom. The molecule has 140 valence electrons. The zero-order valence-corrected chi connectivity index (χ0v) is 15.7. The Balaban J connectivity index is 1.67. The average molecular weight is 365 g/mol. The number of aryl methyl sites for hydroxylation is 2. The standard InChI is InChI=1S/C21H23N3O3/c1-15-9-10-19(20(11-15)26-14-17-7-5-4-6-8-17)22-21(25)24(3)13-18-12-16(2)27-23-18/h4-12H,13-14H2,1-3H3,(H,22,25). The number of carbonyl (C=O) groups is 1. The van der Waals surface area contributed by atoms with Crippen LogP contribution in [0.4, 0.5) is 10.5 Å². The number of urea groups is 1. The Hall–Kier alpha value is -3.28. The number of nitrogens with zero attached hydrogens (tertiary/aromatic N) is 2. The van der Waals surface area contributed by atoms with Crippen LogP contribution < -0.4 is 10.1 Å². The molecule has 0 aliphatic heterocycles. The average Bonchev–Trinajstić information content (AvgIpc) is 3.07. The molecule has 0 unspecified atom stereocenters. The van der Waals surface area contributed by atoms with Crippen LogP contribution in [0.15, 0.2) is 59.1 Å². The monoisotopic (exact) mass is 365 g/mol. The SMILES string of the molecule is Cc1ccc(NC(=O)N(C)Cc2cc(C)on2)c(OCc2ccccc2)c1. The van der Waals surface area contributed by atoms with Crippen molar-refractivity contribution in [2.75, 3.05) is 12.4 Å². The Morgan fingerprint density at radius 3 is 2.63 bits per heavy atom. The third-order valence-electron chi connectivity index (χ3n) is 4.04. The van der Waals surface area contributed by atoms with Crippen molar-refractivity contribution in [3.8, 4) is 5.75 Å². The Bertz CT molecular complexity index is 906. The van der Waals surface area contributed by atoms with E-state index in [1.807, 2.05) is 68.4 Å². The van der Waals surface area contributed by atoms with Gasteiger partial charge in [0.05, 0.1) is 12.2 Å². The third-order valence-corrected chi connectivity index (χ3v) is 4.04. The van der Waals surface area contributed by atoms with Gasteiger partial charge in [-0.25, -0.2) is 4.79 Å². The molecular formula is C21H23N3O3. The lowest BCUT2D eigenvalue weighted by Gasteiger charge is -2.19. The zero-order chi connectivity index (χ0) is 19.2. The van der Waals surface area contributed by atoms with Crippen molar-refractivity contribution in [2.24, 2.45) is 0 Å². The van der Waals surface area contributed by atoms with E-state index in [0.717, 1.165) is 11.1 Å². The number of nitrogens with one attached hydrogen (secondary N) is 1. The molecule has 1 N–H and O–H groups in total. The minimum absolute atomic E-state index is 0.246. The van der Waals surface area contributed by atoms with E-state index in [4.69, 9.17) is 9.26 Å². The van der Waals surface area contributed by atoms with Crippen molar-refractivity contribution >= 4 is 11.7 Å². The minimum Gasteiger partial charge on any atom is -0.487 e. The van der Waals surface area contributed by atoms with Crippen LogP contribution in [0.1, 0.15) is 22.6 Å². The van der Waals surface area contributed by atoms with E-state index in [2.05, 4.69) is 10.5 Å². The van der Waals surface area contributed by atoms with E-state index >= 15 is 0 Å². The second-order valence-electron chi connectivity index (χ2n) is 6.49. The summed E-state index contributed by atoms with van der Waals surface area (Å²) in [6.07, 6.45) is 0. The van der Waals surface area contributed by atoms with E-state index < -0.39 is 0 Å². The van der Waals surface area contributed by atoms with Gasteiger partial charge in [-0.1, -0.05) is 41.6 Å². The number of hydrogen-bond donors (Lipinski definition) is 1. The molecule has 1 aromatic heterocycles. The predicted octanol–water partition coefficient (Wildman–Crippen LogP) is 4.53. The van der Waals surface area contributed by atoms with Gasteiger partial charge >= 0.3 is 6.03 Å². The summed E-state index contributed by atoms with van der Waals surface area (Å²) in [6.45, 7) is 4.59. The first-order valence-electron chi connectivity index (χ1n) is 8.73. The number of hydrogen-bond acceptors (Lipinski definition) is 4. The molecule has 2 aromatic carbocycles. The van der Waals surface area contributed by atoms with Crippen LogP contribution in [0.25, 0.3) is 0 Å². The highest BCUT2D eigenvalue weighted by Gasteiger charge is 2.14. The van der Waals surface area contributed by atoms with E-state index in [1.54, 1.807) is 7.05 Å². The first kappa shape index (κ1) is 18.5. The van der Waals surface area contributed by atoms with E-state index in [0.29, 0.717) is 36.0 Å². The molecular weight excluding hydrogens is 342 g/mol. The van der Waals surface area contributed by atoms with Crippen molar-refractivity contribution < 1.29 is 14.1 Å². The molecule has 0 aliphatic rings. The summed E-state index contributed by atoms with van der Waals surface area (Å²) in [5.41, 5.74) is 3.46. The number of benzene rings is 2. The molecule has 3 rings (SSSR count). The van der Waals surface area contributed by atoms with Gasteiger partial charge in [-0.15, -0.1) is 0 Å². The number of rotatable bonds is 6. The Kier molecular flexibility index (Phi) is 5.76. The van der Waals surface area contributed by atoms with Crippen molar-refractivity contribution in [1.82, 2.24) is 10.1 Å². The number of ether oxygens (including phenoxy) is 1. The topological polar surface area (TPSA) is 67.6 Å². The van der Waals surface area contributed by atoms with Crippen molar-refractivity contribution in [2.45, 2.75) is 27.0 Å². The maximum atomic E-state index is 12.5. The van der Waals surface area contributed by atoms with Gasteiger partial charge in [-0.3, -0.25) is 0 Å². The van der Waals surface area contributed by atoms with Crippen LogP contribution in [0.2, 0.25) is 0 Å². The lowest BCUT2D eigenvalue weighted by molar-refractivity contribution is 0.219. The first-order valence-corrected chi connectivity index (χ1v) is 8.73. The van der Waals surface area contributed by atoms with Crippen molar-refractivity contribution in [3.63, 3.8) is 0 Å². The predicted molar refractivity (Wildman–Crippen MR) is 104 cm³/mol. The summed E-state index contributed by atoms with van der Waals surface area (Å²) in [7, 11) is 1.71. The summed E-state index contributed by atoms with van der Waals surface area (Å²) >= 11 is 0. The summed E-state index contributed by atoms with van der Waals surface area (Å²) in [4.78, 5) is 14.1. The molecule has 0 atom stereocenters. The van der Waals surface area contributed by atoms with Crippen molar-refractivity contribution in [1.29, 1.82) is 0 Å². The van der Waals surface area contributed by atoms with E-state index in [9.17, 15) is 4.79 Å². The lowest BCUT2D eigenvalue weighted by Crippen LogP contribution is -2.31. The summed E-state index contributed by atoms with van der Waals surface area (Å²) in [5.74, 6) is 1.35.